The summed E-state index contributed by atoms with van der Waals surface area (Å²) in [7, 11) is -1.97. The topological polar surface area (TPSA) is 111 Å². The summed E-state index contributed by atoms with van der Waals surface area (Å²) < 4.78 is 26.8. The van der Waals surface area contributed by atoms with Crippen LogP contribution < -0.4 is 11.1 Å². The predicted molar refractivity (Wildman–Crippen MR) is 77.4 cm³/mol. The van der Waals surface area contributed by atoms with E-state index in [1.165, 1.54) is 25.6 Å². The van der Waals surface area contributed by atoms with Crippen LogP contribution in [0.1, 0.15) is 24.2 Å². The second-order valence-corrected chi connectivity index (χ2v) is 7.68. The van der Waals surface area contributed by atoms with Crippen molar-refractivity contribution in [2.75, 3.05) is 31.0 Å². The largest absolute Gasteiger partial charge is 0.465 e. The highest BCUT2D eigenvalue weighted by atomic mass is 32.2. The highest BCUT2D eigenvalue weighted by molar-refractivity contribution is 7.92. The van der Waals surface area contributed by atoms with E-state index >= 15 is 0 Å². The zero-order valence-corrected chi connectivity index (χ0v) is 12.7. The van der Waals surface area contributed by atoms with Crippen LogP contribution in [0.15, 0.2) is 12.3 Å². The van der Waals surface area contributed by atoms with Gasteiger partial charge in [0.2, 0.25) is 0 Å². The van der Waals surface area contributed by atoms with Gasteiger partial charge in [0.05, 0.1) is 29.3 Å². The first-order valence-electron chi connectivity index (χ1n) is 5.86. The molecule has 0 saturated carbocycles. The summed E-state index contributed by atoms with van der Waals surface area (Å²) in [6, 6.07) is 1.43. The molecule has 0 fully saturated rings. The number of carbonyl (C=O) groups excluding carboxylic acids is 1. The van der Waals surface area contributed by atoms with Crippen molar-refractivity contribution < 1.29 is 17.9 Å². The highest BCUT2D eigenvalue weighted by Crippen LogP contribution is 2.19. The summed E-state index contributed by atoms with van der Waals surface area (Å²) in [5.41, 5.74) is 6.01. The van der Waals surface area contributed by atoms with Crippen molar-refractivity contribution in [1.82, 2.24) is 4.98 Å². The lowest BCUT2D eigenvalue weighted by Gasteiger charge is -2.23. The summed E-state index contributed by atoms with van der Waals surface area (Å²) in [4.78, 5) is 15.5. The molecule has 1 aromatic heterocycles. The van der Waals surface area contributed by atoms with Crippen LogP contribution >= 0.6 is 0 Å². The first-order valence-corrected chi connectivity index (χ1v) is 7.75. The van der Waals surface area contributed by atoms with Gasteiger partial charge in [0.25, 0.3) is 0 Å². The minimum atomic E-state index is -3.22. The number of aromatic nitrogens is 1. The van der Waals surface area contributed by atoms with Crippen LogP contribution in [-0.4, -0.2) is 44.0 Å². The van der Waals surface area contributed by atoms with Gasteiger partial charge in [-0.05, 0) is 19.9 Å². The Balaban J connectivity index is 2.93. The third kappa shape index (κ3) is 3.60. The van der Waals surface area contributed by atoms with Crippen LogP contribution in [0.4, 0.5) is 11.5 Å². The van der Waals surface area contributed by atoms with Crippen LogP contribution in [0.5, 0.6) is 0 Å². The third-order valence-corrected chi connectivity index (χ3v) is 5.19. The summed E-state index contributed by atoms with van der Waals surface area (Å²) in [6.07, 6.45) is 2.49. The van der Waals surface area contributed by atoms with Gasteiger partial charge in [0.1, 0.15) is 5.82 Å². The van der Waals surface area contributed by atoms with E-state index in [1.807, 2.05) is 0 Å². The van der Waals surface area contributed by atoms with Gasteiger partial charge >= 0.3 is 5.97 Å². The minimum Gasteiger partial charge on any atom is -0.465 e. The Morgan fingerprint density at radius 2 is 2.10 bits per heavy atom. The monoisotopic (exact) mass is 301 g/mol. The molecule has 0 spiro atoms. The maximum Gasteiger partial charge on any atom is 0.340 e. The van der Waals surface area contributed by atoms with Crippen molar-refractivity contribution in [3.63, 3.8) is 0 Å². The van der Waals surface area contributed by atoms with E-state index in [4.69, 9.17) is 5.73 Å². The molecule has 1 heterocycles. The second kappa shape index (κ2) is 5.66. The molecule has 0 bridgehead atoms. The molecule has 1 rings (SSSR count). The Kier molecular flexibility index (Phi) is 4.59. The van der Waals surface area contributed by atoms with Crippen LogP contribution in [0.3, 0.4) is 0 Å². The molecule has 0 aliphatic rings. The molecule has 8 heteroatoms. The van der Waals surface area contributed by atoms with Crippen LogP contribution in [0.2, 0.25) is 0 Å². The molecule has 7 nitrogen and oxygen atoms in total. The lowest BCUT2D eigenvalue weighted by Crippen LogP contribution is -2.38. The van der Waals surface area contributed by atoms with Crippen LogP contribution in [0.25, 0.3) is 0 Å². The van der Waals surface area contributed by atoms with Gasteiger partial charge in [0.15, 0.2) is 9.84 Å². The van der Waals surface area contributed by atoms with Gasteiger partial charge in [-0.15, -0.1) is 0 Å². The van der Waals surface area contributed by atoms with E-state index in [2.05, 4.69) is 15.0 Å². The standard InChI is InChI=1S/C12H19N3O4S/c1-12(2,20(4,17)18)7-15-10-5-8(11(16)19-3)9(13)6-14-10/h5-6H,7,13H2,1-4H3,(H,14,15). The van der Waals surface area contributed by atoms with Crippen molar-refractivity contribution in [2.24, 2.45) is 0 Å². The Morgan fingerprint density at radius 3 is 2.60 bits per heavy atom. The summed E-state index contributed by atoms with van der Waals surface area (Å²) in [5, 5.41) is 2.88. The van der Waals surface area contributed by atoms with E-state index < -0.39 is 20.6 Å². The molecule has 0 radical (unpaired) electrons. The number of anilines is 2. The van der Waals surface area contributed by atoms with Gasteiger partial charge in [-0.3, -0.25) is 0 Å². The fraction of sp³-hybridized carbons (Fsp3) is 0.500. The zero-order valence-electron chi connectivity index (χ0n) is 11.9. The number of nitrogens with zero attached hydrogens (tertiary/aromatic N) is 1. The maximum absolute atomic E-state index is 11.6. The molecule has 1 aromatic rings. The highest BCUT2D eigenvalue weighted by Gasteiger charge is 2.30. The van der Waals surface area contributed by atoms with Gasteiger partial charge in [-0.25, -0.2) is 18.2 Å². The molecule has 0 aliphatic heterocycles. The molecule has 112 valence electrons. The zero-order chi connectivity index (χ0) is 15.6. The average Bonchev–Trinajstić information content (AvgIpc) is 2.35. The van der Waals surface area contributed by atoms with Gasteiger partial charge in [0, 0.05) is 12.8 Å². The smallest absolute Gasteiger partial charge is 0.340 e. The van der Waals surface area contributed by atoms with E-state index in [1.54, 1.807) is 13.8 Å². The number of nitrogens with two attached hydrogens (primary N) is 1. The number of hydrogen-bond donors (Lipinski definition) is 2. The minimum absolute atomic E-state index is 0.156. The quantitative estimate of drug-likeness (QED) is 0.769. The molecule has 20 heavy (non-hydrogen) atoms. The van der Waals surface area contributed by atoms with Crippen LogP contribution in [0, 0.1) is 0 Å². The average molecular weight is 301 g/mol. The van der Waals surface area contributed by atoms with Gasteiger partial charge < -0.3 is 15.8 Å². The Morgan fingerprint density at radius 1 is 1.50 bits per heavy atom. The normalized spacial score (nSPS) is 12.0. The molecule has 0 atom stereocenters. The lowest BCUT2D eigenvalue weighted by molar-refractivity contribution is 0.0602. The fourth-order valence-corrected chi connectivity index (χ4v) is 1.62. The van der Waals surface area contributed by atoms with Gasteiger partial charge in [-0.1, -0.05) is 0 Å². The number of sulfone groups is 1. The molecule has 0 saturated heterocycles. The number of esters is 1. The van der Waals surface area contributed by atoms with E-state index in [0.29, 0.717) is 5.82 Å². The Labute approximate surface area is 118 Å². The van der Waals surface area contributed by atoms with Crippen molar-refractivity contribution in [1.29, 1.82) is 0 Å². The van der Waals surface area contributed by atoms with E-state index in [9.17, 15) is 13.2 Å². The number of pyridine rings is 1. The Bertz CT molecular complexity index is 611. The van der Waals surface area contributed by atoms with Gasteiger partial charge in [-0.2, -0.15) is 0 Å². The van der Waals surface area contributed by atoms with Crippen molar-refractivity contribution in [3.8, 4) is 0 Å². The molecule has 0 aliphatic carbocycles. The number of nitrogens with one attached hydrogen (secondary N) is 1. The number of ether oxygens (including phenoxy) is 1. The number of hydrogen-bond acceptors (Lipinski definition) is 7. The molecule has 0 aromatic carbocycles. The van der Waals surface area contributed by atoms with Crippen LogP contribution in [-0.2, 0) is 14.6 Å². The molecular formula is C12H19N3O4S. The second-order valence-electron chi connectivity index (χ2n) is 5.03. The summed E-state index contributed by atoms with van der Waals surface area (Å²) >= 11 is 0. The van der Waals surface area contributed by atoms with E-state index in [0.717, 1.165) is 0 Å². The number of methoxy groups -OCH3 is 1. The third-order valence-electron chi connectivity index (χ3n) is 3.04. The number of rotatable bonds is 5. The fourth-order valence-electron chi connectivity index (χ4n) is 1.28. The Hall–Kier alpha value is -1.83. The van der Waals surface area contributed by atoms with Crippen molar-refractivity contribution in [3.05, 3.63) is 17.8 Å². The SMILES string of the molecule is COC(=O)c1cc(NCC(C)(C)S(C)(=O)=O)ncc1N. The number of carbonyl (C=O) groups is 1. The number of nitrogen functional groups attached to an aromatic ring is 1. The summed E-state index contributed by atoms with van der Waals surface area (Å²) in [5.74, 6) is -0.216. The first-order chi connectivity index (χ1) is 9.08. The first kappa shape index (κ1) is 16.2. The lowest BCUT2D eigenvalue weighted by atomic mass is 10.2. The predicted octanol–water partition coefficient (Wildman–Crippen LogP) is 0.685. The maximum atomic E-state index is 11.6. The molecule has 0 unspecified atom stereocenters. The van der Waals surface area contributed by atoms with Crippen molar-refractivity contribution >= 4 is 27.3 Å². The molecule has 0 amide bonds. The molecular weight excluding hydrogens is 282 g/mol. The summed E-state index contributed by atoms with van der Waals surface area (Å²) in [6.45, 7) is 3.37. The van der Waals surface area contributed by atoms with E-state index in [-0.39, 0.29) is 17.8 Å². The van der Waals surface area contributed by atoms with Crippen molar-refractivity contribution in [2.45, 2.75) is 18.6 Å². The molecule has 3 N–H and O–H groups in total.